The number of carbonyl (C=O) groups excluding carboxylic acids is 1. The molecule has 4 nitrogen and oxygen atoms in total. The summed E-state index contributed by atoms with van der Waals surface area (Å²) in [7, 11) is -1.12. The minimum absolute atomic E-state index is 0.563. The van der Waals surface area contributed by atoms with E-state index in [2.05, 4.69) is 0 Å². The highest BCUT2D eigenvalue weighted by Crippen LogP contribution is 2.36. The second kappa shape index (κ2) is 5.18. The zero-order valence-corrected chi connectivity index (χ0v) is 12.3. The molecule has 2 N–H and O–H groups in total. The highest BCUT2D eigenvalue weighted by molar-refractivity contribution is 7.84. The van der Waals surface area contributed by atoms with Crippen molar-refractivity contribution in [2.24, 2.45) is 5.73 Å². The largest absolute Gasteiger partial charge is 0.351 e. The van der Waals surface area contributed by atoms with Crippen molar-refractivity contribution in [2.45, 2.75) is 4.90 Å². The first-order valence-corrected chi connectivity index (χ1v) is 7.98. The monoisotopic (exact) mass is 298 g/mol. The van der Waals surface area contributed by atoms with Crippen LogP contribution >= 0.6 is 0 Å². The number of benzene rings is 2. The maximum atomic E-state index is 12.0. The number of fused-ring (bicyclic) bond motifs is 2. The molecule has 1 heterocycles. The fourth-order valence-corrected chi connectivity index (χ4v) is 2.95. The van der Waals surface area contributed by atoms with E-state index in [9.17, 15) is 9.00 Å². The maximum Gasteiger partial charge on any atom is 0.323 e. The molecule has 21 heavy (non-hydrogen) atoms. The number of carbonyl (C=O) groups is 1. The van der Waals surface area contributed by atoms with Crippen LogP contribution in [0.15, 0.2) is 47.4 Å². The summed E-state index contributed by atoms with van der Waals surface area (Å²) in [6.07, 6.45) is 5.48. The molecule has 5 heteroatoms. The Hall–Kier alpha value is -2.40. The molecule has 0 saturated heterocycles. The van der Waals surface area contributed by atoms with Crippen molar-refractivity contribution in [3.8, 4) is 0 Å². The van der Waals surface area contributed by atoms with Gasteiger partial charge in [-0.15, -0.1) is 0 Å². The van der Waals surface area contributed by atoms with E-state index < -0.39 is 16.8 Å². The molecule has 1 aliphatic heterocycles. The lowest BCUT2D eigenvalue weighted by molar-refractivity contribution is 0.256. The predicted octanol–water partition coefficient (Wildman–Crippen LogP) is 3.12. The van der Waals surface area contributed by atoms with Crippen LogP contribution < -0.4 is 10.6 Å². The summed E-state index contributed by atoms with van der Waals surface area (Å²) >= 11 is 0. The normalized spacial score (nSPS) is 14.0. The topological polar surface area (TPSA) is 63.4 Å². The number of para-hydroxylation sites is 1. The van der Waals surface area contributed by atoms with Gasteiger partial charge in [0.1, 0.15) is 0 Å². The second-order valence-corrected chi connectivity index (χ2v) is 6.12. The molecule has 0 radical (unpaired) electrons. The van der Waals surface area contributed by atoms with E-state index in [1.807, 2.05) is 42.5 Å². The summed E-state index contributed by atoms with van der Waals surface area (Å²) in [5.41, 5.74) is 8.72. The minimum atomic E-state index is -1.12. The molecule has 0 aromatic heterocycles. The standard InChI is InChI=1S/C16H14N2O2S/c1-21(20)13-9-8-12-7-6-11-4-2-3-5-14(11)18(16(17)19)15(12)10-13/h2-10H,1H3,(H2,17,19). The summed E-state index contributed by atoms with van der Waals surface area (Å²) in [4.78, 5) is 14.1. The highest BCUT2D eigenvalue weighted by Gasteiger charge is 2.22. The SMILES string of the molecule is CS(=O)c1ccc2c(c1)N(C(N)=O)c1ccccc1C=C2. The van der Waals surface area contributed by atoms with Gasteiger partial charge in [0, 0.05) is 22.0 Å². The van der Waals surface area contributed by atoms with Gasteiger partial charge in [-0.3, -0.25) is 9.11 Å². The van der Waals surface area contributed by atoms with Gasteiger partial charge in [-0.25, -0.2) is 4.79 Å². The number of primary amides is 1. The van der Waals surface area contributed by atoms with Crippen LogP contribution in [0, 0.1) is 0 Å². The second-order valence-electron chi connectivity index (χ2n) is 4.74. The smallest absolute Gasteiger partial charge is 0.323 e. The third-order valence-electron chi connectivity index (χ3n) is 3.42. The maximum absolute atomic E-state index is 12.0. The molecule has 1 atom stereocenters. The van der Waals surface area contributed by atoms with E-state index >= 15 is 0 Å². The summed E-state index contributed by atoms with van der Waals surface area (Å²) in [6, 6.07) is 12.4. The van der Waals surface area contributed by atoms with Crippen molar-refractivity contribution in [3.05, 3.63) is 53.6 Å². The Kier molecular flexibility index (Phi) is 3.35. The average Bonchev–Trinajstić information content (AvgIpc) is 2.62. The first kappa shape index (κ1) is 13.6. The Balaban J connectivity index is 2.28. The molecule has 0 bridgehead atoms. The van der Waals surface area contributed by atoms with Gasteiger partial charge in [0.2, 0.25) is 0 Å². The quantitative estimate of drug-likeness (QED) is 0.879. The number of urea groups is 1. The molecule has 2 amide bonds. The van der Waals surface area contributed by atoms with Crippen molar-refractivity contribution in [1.29, 1.82) is 0 Å². The van der Waals surface area contributed by atoms with Gasteiger partial charge in [-0.1, -0.05) is 36.4 Å². The van der Waals surface area contributed by atoms with Gasteiger partial charge >= 0.3 is 6.03 Å². The molecule has 106 valence electrons. The fraction of sp³-hybridized carbons (Fsp3) is 0.0625. The van der Waals surface area contributed by atoms with E-state index in [0.717, 1.165) is 16.8 Å². The first-order chi connectivity index (χ1) is 10.1. The van der Waals surface area contributed by atoms with E-state index in [1.54, 1.807) is 18.4 Å². The third-order valence-corrected chi connectivity index (χ3v) is 4.33. The minimum Gasteiger partial charge on any atom is -0.351 e. The molecule has 0 fully saturated rings. The number of nitrogens with zero attached hydrogens (tertiary/aromatic N) is 1. The predicted molar refractivity (Wildman–Crippen MR) is 85.9 cm³/mol. The number of rotatable bonds is 1. The van der Waals surface area contributed by atoms with Gasteiger partial charge in [0.05, 0.1) is 11.4 Å². The van der Waals surface area contributed by atoms with Crippen molar-refractivity contribution >= 4 is 40.4 Å². The van der Waals surface area contributed by atoms with Gasteiger partial charge in [-0.05, 0) is 29.3 Å². The Labute approximate surface area is 125 Å². The number of amides is 2. The average molecular weight is 298 g/mol. The first-order valence-electron chi connectivity index (χ1n) is 6.42. The zero-order chi connectivity index (χ0) is 15.0. The lowest BCUT2D eigenvalue weighted by atomic mass is 10.1. The van der Waals surface area contributed by atoms with Crippen LogP contribution in [0.25, 0.3) is 12.2 Å². The molecular formula is C16H14N2O2S. The van der Waals surface area contributed by atoms with Gasteiger partial charge < -0.3 is 5.73 Å². The van der Waals surface area contributed by atoms with E-state index in [0.29, 0.717) is 10.6 Å². The number of nitrogens with two attached hydrogens (primary N) is 1. The summed E-state index contributed by atoms with van der Waals surface area (Å²) in [6.45, 7) is 0. The van der Waals surface area contributed by atoms with Crippen LogP contribution in [0.2, 0.25) is 0 Å². The molecule has 0 saturated carbocycles. The van der Waals surface area contributed by atoms with Crippen LogP contribution in [0.3, 0.4) is 0 Å². The van der Waals surface area contributed by atoms with E-state index in [-0.39, 0.29) is 0 Å². The molecule has 0 spiro atoms. The van der Waals surface area contributed by atoms with E-state index in [1.165, 1.54) is 4.90 Å². The molecule has 1 unspecified atom stereocenters. The van der Waals surface area contributed by atoms with Crippen molar-refractivity contribution < 1.29 is 9.00 Å². The van der Waals surface area contributed by atoms with Crippen molar-refractivity contribution in [1.82, 2.24) is 0 Å². The number of hydrogen-bond donors (Lipinski definition) is 1. The van der Waals surface area contributed by atoms with Crippen LogP contribution in [0.4, 0.5) is 16.2 Å². The summed E-state index contributed by atoms with van der Waals surface area (Å²) < 4.78 is 11.7. The van der Waals surface area contributed by atoms with E-state index in [4.69, 9.17) is 5.73 Å². The third kappa shape index (κ3) is 2.36. The van der Waals surface area contributed by atoms with Crippen LogP contribution in [-0.4, -0.2) is 16.5 Å². The molecule has 3 rings (SSSR count). The molecule has 1 aliphatic rings. The van der Waals surface area contributed by atoms with Crippen molar-refractivity contribution in [3.63, 3.8) is 0 Å². The lowest BCUT2D eigenvalue weighted by Gasteiger charge is -2.23. The Morgan fingerprint density at radius 3 is 2.38 bits per heavy atom. The van der Waals surface area contributed by atoms with Gasteiger partial charge in [-0.2, -0.15) is 0 Å². The molecular weight excluding hydrogens is 284 g/mol. The van der Waals surface area contributed by atoms with Crippen LogP contribution in [0.5, 0.6) is 0 Å². The molecule has 2 aromatic carbocycles. The zero-order valence-electron chi connectivity index (χ0n) is 11.4. The van der Waals surface area contributed by atoms with Crippen LogP contribution in [-0.2, 0) is 10.8 Å². The highest BCUT2D eigenvalue weighted by atomic mass is 32.2. The number of anilines is 2. The molecule has 2 aromatic rings. The fourth-order valence-electron chi connectivity index (χ4n) is 2.42. The summed E-state index contributed by atoms with van der Waals surface area (Å²) in [5.74, 6) is 0. The van der Waals surface area contributed by atoms with Gasteiger partial charge in [0.15, 0.2) is 0 Å². The Bertz CT molecular complexity index is 784. The lowest BCUT2D eigenvalue weighted by Crippen LogP contribution is -2.32. The van der Waals surface area contributed by atoms with Gasteiger partial charge in [0.25, 0.3) is 0 Å². The number of hydrogen-bond acceptors (Lipinski definition) is 2. The molecule has 0 aliphatic carbocycles. The van der Waals surface area contributed by atoms with Crippen molar-refractivity contribution in [2.75, 3.05) is 11.2 Å². The Morgan fingerprint density at radius 1 is 1.05 bits per heavy atom. The van der Waals surface area contributed by atoms with Crippen LogP contribution in [0.1, 0.15) is 11.1 Å². The summed E-state index contributed by atoms with van der Waals surface area (Å²) in [5, 5.41) is 0. The Morgan fingerprint density at radius 2 is 1.71 bits per heavy atom.